The van der Waals surface area contributed by atoms with Crippen molar-refractivity contribution in [2.45, 2.75) is 77.3 Å². The molecule has 0 radical (unpaired) electrons. The van der Waals surface area contributed by atoms with Gasteiger partial charge in [0.2, 0.25) is 0 Å². The normalized spacial score (nSPS) is 27.6. The first kappa shape index (κ1) is 20.6. The van der Waals surface area contributed by atoms with Crippen molar-refractivity contribution in [2.24, 2.45) is 11.8 Å². The Kier molecular flexibility index (Phi) is 6.43. The van der Waals surface area contributed by atoms with Gasteiger partial charge in [-0.3, -0.25) is 9.69 Å². The molecule has 2 saturated heterocycles. The second kappa shape index (κ2) is 9.03. The number of unbranched alkanes of at least 4 members (excludes halogenated alkanes) is 2. The predicted octanol–water partition coefficient (Wildman–Crippen LogP) is 5.01. The smallest absolute Gasteiger partial charge is 0.265 e. The minimum absolute atomic E-state index is 0.0414. The van der Waals surface area contributed by atoms with E-state index >= 15 is 0 Å². The van der Waals surface area contributed by atoms with Gasteiger partial charge in [-0.25, -0.2) is 4.39 Å². The van der Waals surface area contributed by atoms with Crippen molar-refractivity contribution in [3.63, 3.8) is 0 Å². The largest absolute Gasteiger partial charge is 0.482 e. The molecule has 0 aromatic heterocycles. The highest BCUT2D eigenvalue weighted by Gasteiger charge is 2.41. The van der Waals surface area contributed by atoms with Crippen molar-refractivity contribution in [1.29, 1.82) is 0 Å². The molecule has 1 aromatic carbocycles. The Hall–Kier alpha value is -1.62. The minimum atomic E-state index is -0.331. The minimum Gasteiger partial charge on any atom is -0.482 e. The molecule has 3 aliphatic heterocycles. The fourth-order valence-electron chi connectivity index (χ4n) is 5.71. The molecule has 0 saturated carbocycles. The van der Waals surface area contributed by atoms with E-state index in [9.17, 15) is 9.18 Å². The lowest BCUT2D eigenvalue weighted by molar-refractivity contribution is -0.121. The van der Waals surface area contributed by atoms with E-state index in [2.05, 4.69) is 18.7 Å². The van der Waals surface area contributed by atoms with Crippen molar-refractivity contribution < 1.29 is 13.9 Å². The van der Waals surface area contributed by atoms with Crippen molar-refractivity contribution >= 4 is 11.6 Å². The third-order valence-electron chi connectivity index (χ3n) is 7.08. The summed E-state index contributed by atoms with van der Waals surface area (Å²) in [6, 6.07) is 5.86. The Bertz CT molecular complexity index is 711. The van der Waals surface area contributed by atoms with Crippen molar-refractivity contribution in [3.8, 4) is 5.75 Å². The van der Waals surface area contributed by atoms with Gasteiger partial charge in [-0.1, -0.05) is 39.5 Å². The fraction of sp³-hybridized carbons (Fsp3) is 0.708. The van der Waals surface area contributed by atoms with Gasteiger partial charge in [0.1, 0.15) is 11.6 Å². The number of fused-ring (bicyclic) bond motifs is 3. The summed E-state index contributed by atoms with van der Waals surface area (Å²) in [6.07, 6.45) is 10.8. The van der Waals surface area contributed by atoms with E-state index in [0.717, 1.165) is 12.5 Å². The summed E-state index contributed by atoms with van der Waals surface area (Å²) in [4.78, 5) is 16.9. The molecule has 1 amide bonds. The molecule has 2 fully saturated rings. The second-order valence-electron chi connectivity index (χ2n) is 9.43. The third kappa shape index (κ3) is 4.60. The molecular weight excluding hydrogens is 367 g/mol. The number of hydrogen-bond donors (Lipinski definition) is 0. The lowest BCUT2D eigenvalue weighted by Crippen LogP contribution is -2.48. The van der Waals surface area contributed by atoms with Gasteiger partial charge < -0.3 is 9.64 Å². The van der Waals surface area contributed by atoms with Gasteiger partial charge in [0.15, 0.2) is 6.61 Å². The summed E-state index contributed by atoms with van der Waals surface area (Å²) in [6.45, 7) is 6.18. The zero-order chi connectivity index (χ0) is 20.4. The topological polar surface area (TPSA) is 32.8 Å². The SMILES string of the molecule is CCCCCC1C[C@H]2CC[C@@H](C1)N2CC(C)CN1C(=O)COc2ccc(F)cc21. The molecule has 0 aliphatic carbocycles. The van der Waals surface area contributed by atoms with E-state index in [-0.39, 0.29) is 18.3 Å². The van der Waals surface area contributed by atoms with Crippen LogP contribution in [-0.4, -0.2) is 42.6 Å². The van der Waals surface area contributed by atoms with Crippen LogP contribution in [-0.2, 0) is 4.79 Å². The second-order valence-corrected chi connectivity index (χ2v) is 9.43. The molecule has 29 heavy (non-hydrogen) atoms. The number of benzene rings is 1. The predicted molar refractivity (Wildman–Crippen MR) is 114 cm³/mol. The van der Waals surface area contributed by atoms with E-state index in [0.29, 0.717) is 36.0 Å². The summed E-state index contributed by atoms with van der Waals surface area (Å²) in [5.74, 6) is 1.44. The molecule has 1 aromatic rings. The number of amides is 1. The first-order valence-electron chi connectivity index (χ1n) is 11.5. The number of rotatable bonds is 8. The molecule has 160 valence electrons. The van der Waals surface area contributed by atoms with E-state index < -0.39 is 0 Å². The highest BCUT2D eigenvalue weighted by atomic mass is 19.1. The maximum atomic E-state index is 13.8. The van der Waals surface area contributed by atoms with Gasteiger partial charge in [-0.05, 0) is 49.7 Å². The summed E-state index contributed by atoms with van der Waals surface area (Å²) in [7, 11) is 0. The Morgan fingerprint density at radius 2 is 1.93 bits per heavy atom. The van der Waals surface area contributed by atoms with Crippen LogP contribution in [0.2, 0.25) is 0 Å². The van der Waals surface area contributed by atoms with Crippen LogP contribution < -0.4 is 9.64 Å². The first-order chi connectivity index (χ1) is 14.0. The maximum Gasteiger partial charge on any atom is 0.265 e. The van der Waals surface area contributed by atoms with Crippen molar-refractivity contribution in [3.05, 3.63) is 24.0 Å². The molecule has 2 bridgehead atoms. The van der Waals surface area contributed by atoms with Gasteiger partial charge in [-0.2, -0.15) is 0 Å². The Morgan fingerprint density at radius 1 is 1.17 bits per heavy atom. The highest BCUT2D eigenvalue weighted by Crippen LogP contribution is 2.41. The van der Waals surface area contributed by atoms with E-state index in [4.69, 9.17) is 4.74 Å². The summed E-state index contributed by atoms with van der Waals surface area (Å²) < 4.78 is 19.2. The highest BCUT2D eigenvalue weighted by molar-refractivity contribution is 5.97. The van der Waals surface area contributed by atoms with Crippen LogP contribution >= 0.6 is 0 Å². The van der Waals surface area contributed by atoms with Gasteiger partial charge in [0.25, 0.3) is 5.91 Å². The number of nitrogens with zero attached hydrogens (tertiary/aromatic N) is 2. The molecule has 4 atom stereocenters. The van der Waals surface area contributed by atoms with Gasteiger partial charge in [0.05, 0.1) is 5.69 Å². The average Bonchev–Trinajstić information content (AvgIpc) is 2.92. The number of ether oxygens (including phenoxy) is 1. The molecule has 3 heterocycles. The van der Waals surface area contributed by atoms with Crippen LogP contribution in [0.4, 0.5) is 10.1 Å². The fourth-order valence-corrected chi connectivity index (χ4v) is 5.71. The zero-order valence-corrected chi connectivity index (χ0v) is 17.9. The van der Waals surface area contributed by atoms with Crippen molar-refractivity contribution in [1.82, 2.24) is 4.90 Å². The van der Waals surface area contributed by atoms with Crippen LogP contribution in [0, 0.1) is 17.7 Å². The molecule has 3 aliphatic rings. The van der Waals surface area contributed by atoms with Gasteiger partial charge >= 0.3 is 0 Å². The lowest BCUT2D eigenvalue weighted by atomic mass is 9.86. The van der Waals surface area contributed by atoms with E-state index in [1.807, 2.05) is 0 Å². The van der Waals surface area contributed by atoms with E-state index in [1.54, 1.807) is 11.0 Å². The number of anilines is 1. The monoisotopic (exact) mass is 402 g/mol. The standard InChI is InChI=1S/C24H35FN2O2/c1-3-4-5-6-18-11-20-8-9-21(12-18)26(20)14-17(2)15-27-22-13-19(25)7-10-23(22)29-16-24(27)28/h7,10,13,17-18,20-21H,3-6,8-9,11-12,14-16H2,1-2H3/t17?,18?,20-,21+. The Balaban J connectivity index is 1.36. The first-order valence-corrected chi connectivity index (χ1v) is 11.5. The number of halogens is 1. The molecule has 4 nitrogen and oxygen atoms in total. The quantitative estimate of drug-likeness (QED) is 0.573. The molecule has 2 unspecified atom stereocenters. The summed E-state index contributed by atoms with van der Waals surface area (Å²) >= 11 is 0. The Labute approximate surface area is 174 Å². The van der Waals surface area contributed by atoms with Crippen LogP contribution in [0.25, 0.3) is 0 Å². The number of carbonyl (C=O) groups is 1. The van der Waals surface area contributed by atoms with Crippen molar-refractivity contribution in [2.75, 3.05) is 24.6 Å². The zero-order valence-electron chi connectivity index (χ0n) is 17.9. The number of piperidine rings is 1. The van der Waals surface area contributed by atoms with Crippen LogP contribution in [0.1, 0.15) is 65.2 Å². The van der Waals surface area contributed by atoms with Gasteiger partial charge in [0, 0.05) is 31.2 Å². The van der Waals surface area contributed by atoms with E-state index in [1.165, 1.54) is 63.5 Å². The van der Waals surface area contributed by atoms with Crippen LogP contribution in [0.3, 0.4) is 0 Å². The lowest BCUT2D eigenvalue weighted by Gasteiger charge is -2.41. The molecule has 0 spiro atoms. The van der Waals surface area contributed by atoms with Crippen LogP contribution in [0.5, 0.6) is 5.75 Å². The Morgan fingerprint density at radius 3 is 2.66 bits per heavy atom. The number of hydrogen-bond acceptors (Lipinski definition) is 3. The average molecular weight is 403 g/mol. The molecule has 5 heteroatoms. The van der Waals surface area contributed by atoms with Gasteiger partial charge in [-0.15, -0.1) is 0 Å². The van der Waals surface area contributed by atoms with Crippen LogP contribution in [0.15, 0.2) is 18.2 Å². The molecule has 4 rings (SSSR count). The molecule has 0 N–H and O–H groups in total. The molecular formula is C24H35FN2O2. The maximum absolute atomic E-state index is 13.8. The third-order valence-corrected chi connectivity index (χ3v) is 7.08. The summed E-state index contributed by atoms with van der Waals surface area (Å²) in [5, 5.41) is 0. The summed E-state index contributed by atoms with van der Waals surface area (Å²) in [5.41, 5.74) is 0.575. The number of carbonyl (C=O) groups excluding carboxylic acids is 1.